The number of carbonyl (C=O) groups is 3. The third-order valence-corrected chi connectivity index (χ3v) is 4.75. The summed E-state index contributed by atoms with van der Waals surface area (Å²) in [5.74, 6) is -3.94. The Labute approximate surface area is 172 Å². The highest BCUT2D eigenvalue weighted by Gasteiger charge is 2.39. The molecule has 6 nitrogen and oxygen atoms in total. The highest BCUT2D eigenvalue weighted by molar-refractivity contribution is 6.34. The first-order valence-corrected chi connectivity index (χ1v) is 8.96. The summed E-state index contributed by atoms with van der Waals surface area (Å²) < 4.78 is 52.5. The lowest BCUT2D eigenvalue weighted by atomic mass is 10.0. The summed E-state index contributed by atoms with van der Waals surface area (Å²) in [5, 5.41) is 4.37. The molecule has 0 saturated carbocycles. The number of hydrogen-bond acceptors (Lipinski definition) is 3. The van der Waals surface area contributed by atoms with E-state index < -0.39 is 47.9 Å². The minimum absolute atomic E-state index is 0.0583. The van der Waals surface area contributed by atoms with Gasteiger partial charge in [-0.05, 0) is 24.3 Å². The van der Waals surface area contributed by atoms with Crippen LogP contribution in [0.25, 0.3) is 0 Å². The standard InChI is InChI=1S/C19H14ClF4N3O3/c20-13-6-5-11(19(22,23)24)7-15(13)26-16(28)12-8-25-18(30)27(17(12)29)9-10-3-1-2-4-14(10)21/h1-7,12H,8-9H2,(H,25,30)(H,26,28). The van der Waals surface area contributed by atoms with Crippen molar-refractivity contribution in [3.05, 3.63) is 64.4 Å². The average molecular weight is 444 g/mol. The second-order valence-electron chi connectivity index (χ2n) is 6.44. The first kappa shape index (κ1) is 21.6. The fourth-order valence-electron chi connectivity index (χ4n) is 2.83. The number of imide groups is 1. The minimum Gasteiger partial charge on any atom is -0.336 e. The zero-order chi connectivity index (χ0) is 22.1. The van der Waals surface area contributed by atoms with Crippen LogP contribution < -0.4 is 10.6 Å². The van der Waals surface area contributed by atoms with Crippen LogP contribution in [0.15, 0.2) is 42.5 Å². The Balaban J connectivity index is 1.79. The van der Waals surface area contributed by atoms with Crippen molar-refractivity contribution < 1.29 is 31.9 Å². The van der Waals surface area contributed by atoms with Gasteiger partial charge in [-0.2, -0.15) is 13.2 Å². The summed E-state index contributed by atoms with van der Waals surface area (Å²) in [6, 6.07) is 7.03. The Morgan fingerprint density at radius 2 is 1.90 bits per heavy atom. The molecule has 1 aliphatic heterocycles. The van der Waals surface area contributed by atoms with Crippen LogP contribution >= 0.6 is 11.6 Å². The molecule has 0 spiro atoms. The second-order valence-corrected chi connectivity index (χ2v) is 6.84. The number of rotatable bonds is 4. The van der Waals surface area contributed by atoms with Crippen molar-refractivity contribution in [1.29, 1.82) is 0 Å². The van der Waals surface area contributed by atoms with Gasteiger partial charge < -0.3 is 10.6 Å². The van der Waals surface area contributed by atoms with Crippen LogP contribution in [0.3, 0.4) is 0 Å². The molecule has 1 atom stereocenters. The number of amides is 4. The van der Waals surface area contributed by atoms with Gasteiger partial charge in [0.15, 0.2) is 0 Å². The molecule has 2 N–H and O–H groups in total. The zero-order valence-corrected chi connectivity index (χ0v) is 15.9. The molecule has 3 rings (SSSR count). The summed E-state index contributed by atoms with van der Waals surface area (Å²) in [6.07, 6.45) is -4.66. The summed E-state index contributed by atoms with van der Waals surface area (Å²) in [7, 11) is 0. The molecule has 158 valence electrons. The molecule has 1 heterocycles. The molecule has 1 saturated heterocycles. The maximum atomic E-state index is 13.9. The summed E-state index contributed by atoms with van der Waals surface area (Å²) >= 11 is 5.85. The molecular weight excluding hydrogens is 430 g/mol. The van der Waals surface area contributed by atoms with E-state index in [1.165, 1.54) is 18.2 Å². The topological polar surface area (TPSA) is 78.5 Å². The highest BCUT2D eigenvalue weighted by Crippen LogP contribution is 2.34. The Bertz CT molecular complexity index is 1010. The zero-order valence-electron chi connectivity index (χ0n) is 15.1. The van der Waals surface area contributed by atoms with Gasteiger partial charge in [0, 0.05) is 12.1 Å². The highest BCUT2D eigenvalue weighted by atomic mass is 35.5. The lowest BCUT2D eigenvalue weighted by Gasteiger charge is -2.31. The molecule has 2 aromatic carbocycles. The maximum Gasteiger partial charge on any atom is 0.416 e. The van der Waals surface area contributed by atoms with E-state index >= 15 is 0 Å². The Morgan fingerprint density at radius 1 is 1.20 bits per heavy atom. The molecule has 0 bridgehead atoms. The van der Waals surface area contributed by atoms with Gasteiger partial charge in [-0.25, -0.2) is 9.18 Å². The van der Waals surface area contributed by atoms with Crippen molar-refractivity contribution in [1.82, 2.24) is 10.2 Å². The van der Waals surface area contributed by atoms with E-state index in [9.17, 15) is 31.9 Å². The molecule has 11 heteroatoms. The van der Waals surface area contributed by atoms with Crippen molar-refractivity contribution in [3.8, 4) is 0 Å². The van der Waals surface area contributed by atoms with Crippen LogP contribution in [0.4, 0.5) is 28.0 Å². The number of nitrogens with zero attached hydrogens (tertiary/aromatic N) is 1. The van der Waals surface area contributed by atoms with Crippen LogP contribution in [0.5, 0.6) is 0 Å². The van der Waals surface area contributed by atoms with Crippen molar-refractivity contribution in [2.24, 2.45) is 5.92 Å². The lowest BCUT2D eigenvalue weighted by Crippen LogP contribution is -2.57. The number of benzene rings is 2. The van der Waals surface area contributed by atoms with E-state index in [-0.39, 0.29) is 22.8 Å². The molecule has 2 aromatic rings. The fourth-order valence-corrected chi connectivity index (χ4v) is 2.99. The minimum atomic E-state index is -4.66. The molecule has 0 aliphatic carbocycles. The third-order valence-electron chi connectivity index (χ3n) is 4.42. The van der Waals surface area contributed by atoms with E-state index in [4.69, 9.17) is 11.6 Å². The van der Waals surface area contributed by atoms with Crippen molar-refractivity contribution in [3.63, 3.8) is 0 Å². The smallest absolute Gasteiger partial charge is 0.336 e. The van der Waals surface area contributed by atoms with E-state index in [0.717, 1.165) is 18.2 Å². The van der Waals surface area contributed by atoms with Gasteiger partial charge in [0.05, 0.1) is 22.8 Å². The molecule has 1 unspecified atom stereocenters. The van der Waals surface area contributed by atoms with Gasteiger partial charge in [0.1, 0.15) is 11.7 Å². The van der Waals surface area contributed by atoms with Crippen LogP contribution in [0.2, 0.25) is 5.02 Å². The SMILES string of the molecule is O=C(Nc1cc(C(F)(F)F)ccc1Cl)C1CNC(=O)N(Cc2ccccc2F)C1=O. The molecule has 0 radical (unpaired) electrons. The quantitative estimate of drug-likeness (QED) is 0.557. The van der Waals surface area contributed by atoms with Crippen LogP contribution in [0.1, 0.15) is 11.1 Å². The molecule has 0 aromatic heterocycles. The number of anilines is 1. The average Bonchev–Trinajstić information content (AvgIpc) is 2.67. The normalized spacial score (nSPS) is 17.0. The van der Waals surface area contributed by atoms with E-state index in [0.29, 0.717) is 11.0 Å². The summed E-state index contributed by atoms with van der Waals surface area (Å²) in [5.41, 5.74) is -1.31. The summed E-state index contributed by atoms with van der Waals surface area (Å²) in [4.78, 5) is 37.9. The number of urea groups is 1. The first-order valence-electron chi connectivity index (χ1n) is 8.58. The predicted molar refractivity (Wildman–Crippen MR) is 98.9 cm³/mol. The van der Waals surface area contributed by atoms with Gasteiger partial charge in [-0.1, -0.05) is 29.8 Å². The second kappa shape index (κ2) is 8.31. The lowest BCUT2D eigenvalue weighted by molar-refractivity contribution is -0.140. The monoisotopic (exact) mass is 443 g/mol. The van der Waals surface area contributed by atoms with Crippen molar-refractivity contribution >= 4 is 35.1 Å². The first-order chi connectivity index (χ1) is 14.1. The number of halogens is 5. The molecular formula is C19H14ClF4N3O3. The van der Waals surface area contributed by atoms with Gasteiger partial charge in [0.2, 0.25) is 11.8 Å². The fraction of sp³-hybridized carbons (Fsp3) is 0.211. The van der Waals surface area contributed by atoms with Crippen molar-refractivity contribution in [2.75, 3.05) is 11.9 Å². The molecule has 1 fully saturated rings. The van der Waals surface area contributed by atoms with Gasteiger partial charge >= 0.3 is 12.2 Å². The number of nitrogens with one attached hydrogen (secondary N) is 2. The van der Waals surface area contributed by atoms with E-state index in [2.05, 4.69) is 10.6 Å². The maximum absolute atomic E-state index is 13.9. The Kier molecular flexibility index (Phi) is 5.97. The van der Waals surface area contributed by atoms with E-state index in [1.807, 2.05) is 0 Å². The third kappa shape index (κ3) is 4.54. The predicted octanol–water partition coefficient (Wildman–Crippen LogP) is 3.80. The number of alkyl halides is 3. The number of hydrogen-bond donors (Lipinski definition) is 2. The van der Waals surface area contributed by atoms with Gasteiger partial charge in [0.25, 0.3) is 0 Å². The van der Waals surface area contributed by atoms with Crippen molar-refractivity contribution in [2.45, 2.75) is 12.7 Å². The number of carbonyl (C=O) groups excluding carboxylic acids is 3. The van der Waals surface area contributed by atoms with Gasteiger partial charge in [-0.15, -0.1) is 0 Å². The Hall–Kier alpha value is -3.14. The van der Waals surface area contributed by atoms with Crippen LogP contribution in [-0.4, -0.2) is 29.3 Å². The van der Waals surface area contributed by atoms with Gasteiger partial charge in [-0.3, -0.25) is 14.5 Å². The molecule has 4 amide bonds. The van der Waals surface area contributed by atoms with E-state index in [1.54, 1.807) is 0 Å². The van der Waals surface area contributed by atoms with Crippen LogP contribution in [0, 0.1) is 11.7 Å². The largest absolute Gasteiger partial charge is 0.416 e. The molecule has 30 heavy (non-hydrogen) atoms. The summed E-state index contributed by atoms with van der Waals surface area (Å²) in [6.45, 7) is -0.778. The van der Waals surface area contributed by atoms with Crippen LogP contribution in [-0.2, 0) is 22.3 Å². The Morgan fingerprint density at radius 3 is 2.57 bits per heavy atom. The molecule has 1 aliphatic rings.